The summed E-state index contributed by atoms with van der Waals surface area (Å²) in [4.78, 5) is 10.4. The minimum atomic E-state index is -0.270. The summed E-state index contributed by atoms with van der Waals surface area (Å²) in [6.45, 7) is 1.61. The van der Waals surface area contributed by atoms with Crippen molar-refractivity contribution in [2.75, 3.05) is 13.2 Å². The molecule has 0 spiro atoms. The molecular formula is C14H20ClNO2. The second-order valence-electron chi connectivity index (χ2n) is 4.21. The van der Waals surface area contributed by atoms with Crippen LogP contribution in [-0.2, 0) is 16.0 Å². The number of carbonyl (C=O) groups is 1. The number of aryl methyl sites for hydroxylation is 1. The van der Waals surface area contributed by atoms with Crippen molar-refractivity contribution in [2.45, 2.75) is 31.8 Å². The molecule has 0 amide bonds. The molecular weight excluding hydrogens is 250 g/mol. The number of carbonyl (C=O) groups excluding carboxylic acids is 1. The first-order valence-electron chi connectivity index (χ1n) is 6.26. The molecule has 0 bridgehead atoms. The summed E-state index contributed by atoms with van der Waals surface area (Å²) in [5, 5.41) is -0.270. The maximum Gasteiger partial charge on any atom is 0.221 e. The zero-order valence-electron chi connectivity index (χ0n) is 10.5. The van der Waals surface area contributed by atoms with Crippen molar-refractivity contribution in [3.8, 4) is 0 Å². The summed E-state index contributed by atoms with van der Waals surface area (Å²) in [5.41, 5.74) is 6.46. The Labute approximate surface area is 113 Å². The highest BCUT2D eigenvalue weighted by Crippen LogP contribution is 2.09. The van der Waals surface area contributed by atoms with Crippen LogP contribution in [0.5, 0.6) is 0 Å². The number of ether oxygens (including phenoxy) is 1. The summed E-state index contributed by atoms with van der Waals surface area (Å²) >= 11 is 5.19. The molecule has 1 aliphatic rings. The molecule has 3 nitrogen and oxygen atoms in total. The largest absolute Gasteiger partial charge is 0.377 e. The van der Waals surface area contributed by atoms with Gasteiger partial charge in [-0.05, 0) is 36.4 Å². The molecule has 1 aromatic carbocycles. The molecule has 1 aliphatic heterocycles. The van der Waals surface area contributed by atoms with Gasteiger partial charge in [0, 0.05) is 19.6 Å². The molecule has 1 atom stereocenters. The van der Waals surface area contributed by atoms with Gasteiger partial charge in [-0.15, -0.1) is 0 Å². The van der Waals surface area contributed by atoms with Crippen molar-refractivity contribution in [1.82, 2.24) is 0 Å². The third kappa shape index (κ3) is 6.74. The standard InChI is InChI=1S/C9H9ClO.C5H11NO/c10-9(11)7-6-8-4-2-1-3-5-8;6-4-5-2-1-3-7-5/h1-5H,6-7H2;5H,1-4,6H2. The maximum atomic E-state index is 10.4. The van der Waals surface area contributed by atoms with E-state index in [0.717, 1.165) is 25.0 Å². The molecule has 1 unspecified atom stereocenters. The lowest BCUT2D eigenvalue weighted by Gasteiger charge is -2.01. The van der Waals surface area contributed by atoms with Gasteiger partial charge in [-0.3, -0.25) is 4.79 Å². The number of benzene rings is 1. The predicted molar refractivity (Wildman–Crippen MR) is 73.7 cm³/mol. The van der Waals surface area contributed by atoms with Crippen LogP contribution in [0.1, 0.15) is 24.8 Å². The van der Waals surface area contributed by atoms with E-state index in [1.807, 2.05) is 30.3 Å². The van der Waals surface area contributed by atoms with E-state index in [1.165, 1.54) is 6.42 Å². The summed E-state index contributed by atoms with van der Waals surface area (Å²) in [6, 6.07) is 9.83. The van der Waals surface area contributed by atoms with E-state index >= 15 is 0 Å². The fraction of sp³-hybridized carbons (Fsp3) is 0.500. The van der Waals surface area contributed by atoms with Crippen molar-refractivity contribution in [3.05, 3.63) is 35.9 Å². The van der Waals surface area contributed by atoms with E-state index in [-0.39, 0.29) is 5.24 Å². The highest BCUT2D eigenvalue weighted by Gasteiger charge is 2.11. The van der Waals surface area contributed by atoms with Gasteiger partial charge in [0.2, 0.25) is 5.24 Å². The van der Waals surface area contributed by atoms with E-state index in [1.54, 1.807) is 0 Å². The Kier molecular flexibility index (Phi) is 7.65. The molecule has 0 saturated carbocycles. The molecule has 1 saturated heterocycles. The van der Waals surface area contributed by atoms with Crippen molar-refractivity contribution < 1.29 is 9.53 Å². The molecule has 1 fully saturated rings. The van der Waals surface area contributed by atoms with Gasteiger partial charge in [0.1, 0.15) is 0 Å². The smallest absolute Gasteiger partial charge is 0.221 e. The quantitative estimate of drug-likeness (QED) is 0.855. The van der Waals surface area contributed by atoms with Crippen LogP contribution in [-0.4, -0.2) is 24.5 Å². The molecule has 1 heterocycles. The van der Waals surface area contributed by atoms with Crippen LogP contribution in [0, 0.1) is 0 Å². The van der Waals surface area contributed by atoms with Crippen LogP contribution in [0.4, 0.5) is 0 Å². The number of rotatable bonds is 4. The van der Waals surface area contributed by atoms with E-state index in [2.05, 4.69) is 0 Å². The molecule has 0 aliphatic carbocycles. The monoisotopic (exact) mass is 269 g/mol. The lowest BCUT2D eigenvalue weighted by molar-refractivity contribution is -0.111. The van der Waals surface area contributed by atoms with Crippen LogP contribution >= 0.6 is 11.6 Å². The SMILES string of the molecule is NCC1CCCO1.O=C(Cl)CCc1ccccc1. The fourth-order valence-corrected chi connectivity index (χ4v) is 1.81. The van der Waals surface area contributed by atoms with Gasteiger partial charge in [-0.2, -0.15) is 0 Å². The first-order valence-corrected chi connectivity index (χ1v) is 6.64. The molecule has 0 aromatic heterocycles. The second kappa shape index (κ2) is 9.09. The Morgan fingerprint density at radius 3 is 2.56 bits per heavy atom. The topological polar surface area (TPSA) is 52.3 Å². The highest BCUT2D eigenvalue weighted by atomic mass is 35.5. The van der Waals surface area contributed by atoms with Gasteiger partial charge in [-0.1, -0.05) is 30.3 Å². The van der Waals surface area contributed by atoms with Gasteiger partial charge in [0.15, 0.2) is 0 Å². The van der Waals surface area contributed by atoms with Crippen molar-refractivity contribution in [2.24, 2.45) is 5.73 Å². The van der Waals surface area contributed by atoms with Crippen LogP contribution in [0.3, 0.4) is 0 Å². The molecule has 100 valence electrons. The zero-order valence-corrected chi connectivity index (χ0v) is 11.2. The lowest BCUT2D eigenvalue weighted by atomic mass is 10.1. The summed E-state index contributed by atoms with van der Waals surface area (Å²) < 4.78 is 5.18. The van der Waals surface area contributed by atoms with Crippen molar-refractivity contribution in [3.63, 3.8) is 0 Å². The first-order chi connectivity index (χ1) is 8.72. The van der Waals surface area contributed by atoms with Crippen molar-refractivity contribution >= 4 is 16.8 Å². The van der Waals surface area contributed by atoms with E-state index in [9.17, 15) is 4.79 Å². The number of halogens is 1. The molecule has 2 rings (SSSR count). The summed E-state index contributed by atoms with van der Waals surface area (Å²) in [6.07, 6.45) is 3.90. The fourth-order valence-electron chi connectivity index (χ4n) is 1.72. The van der Waals surface area contributed by atoms with Gasteiger partial charge in [0.25, 0.3) is 0 Å². The summed E-state index contributed by atoms with van der Waals surface area (Å²) in [7, 11) is 0. The predicted octanol–water partition coefficient (Wildman–Crippen LogP) is 2.51. The Morgan fingerprint density at radius 2 is 2.11 bits per heavy atom. The molecule has 2 N–H and O–H groups in total. The Balaban J connectivity index is 0.000000199. The highest BCUT2D eigenvalue weighted by molar-refractivity contribution is 6.63. The third-order valence-electron chi connectivity index (χ3n) is 2.74. The Hall–Kier alpha value is -0.900. The Bertz CT molecular complexity index is 337. The third-order valence-corrected chi connectivity index (χ3v) is 2.93. The Morgan fingerprint density at radius 1 is 1.39 bits per heavy atom. The second-order valence-corrected chi connectivity index (χ2v) is 4.63. The van der Waals surface area contributed by atoms with Gasteiger partial charge >= 0.3 is 0 Å². The lowest BCUT2D eigenvalue weighted by Crippen LogP contribution is -2.17. The van der Waals surface area contributed by atoms with Crippen LogP contribution < -0.4 is 5.73 Å². The van der Waals surface area contributed by atoms with E-state index in [4.69, 9.17) is 22.1 Å². The number of hydrogen-bond donors (Lipinski definition) is 1. The van der Waals surface area contributed by atoms with Gasteiger partial charge in [-0.25, -0.2) is 0 Å². The van der Waals surface area contributed by atoms with E-state index < -0.39 is 0 Å². The molecule has 0 radical (unpaired) electrons. The van der Waals surface area contributed by atoms with Crippen molar-refractivity contribution in [1.29, 1.82) is 0 Å². The normalized spacial score (nSPS) is 18.0. The number of hydrogen-bond acceptors (Lipinski definition) is 3. The average Bonchev–Trinajstić information content (AvgIpc) is 2.91. The van der Waals surface area contributed by atoms with Crippen LogP contribution in [0.15, 0.2) is 30.3 Å². The van der Waals surface area contributed by atoms with Gasteiger partial charge in [0.05, 0.1) is 6.10 Å². The number of nitrogens with two attached hydrogens (primary N) is 1. The average molecular weight is 270 g/mol. The minimum absolute atomic E-state index is 0.270. The maximum absolute atomic E-state index is 10.4. The van der Waals surface area contributed by atoms with Gasteiger partial charge < -0.3 is 10.5 Å². The first kappa shape index (κ1) is 15.2. The molecule has 4 heteroatoms. The summed E-state index contributed by atoms with van der Waals surface area (Å²) in [5.74, 6) is 0. The zero-order chi connectivity index (χ0) is 13.2. The van der Waals surface area contributed by atoms with E-state index in [0.29, 0.717) is 19.1 Å². The molecule has 18 heavy (non-hydrogen) atoms. The van der Waals surface area contributed by atoms with Crippen LogP contribution in [0.2, 0.25) is 0 Å². The van der Waals surface area contributed by atoms with Crippen LogP contribution in [0.25, 0.3) is 0 Å². The molecule has 1 aromatic rings. The minimum Gasteiger partial charge on any atom is -0.377 e.